The Kier molecular flexibility index (Phi) is 4.36. The summed E-state index contributed by atoms with van der Waals surface area (Å²) < 4.78 is 40.2. The molecule has 0 aliphatic rings. The fourth-order valence-corrected chi connectivity index (χ4v) is 3.70. The number of nitrogens with zero attached hydrogens (tertiary/aromatic N) is 1. The fourth-order valence-electron chi connectivity index (χ4n) is 1.67. The SMILES string of the molecule is CN(c1ccc(Br)cc1F)S(=O)(=O)c1ccccc1Cl. The summed E-state index contributed by atoms with van der Waals surface area (Å²) in [4.78, 5) is -0.0634. The van der Waals surface area contributed by atoms with E-state index >= 15 is 0 Å². The predicted octanol–water partition coefficient (Wildman–Crippen LogP) is 4.07. The van der Waals surface area contributed by atoms with Gasteiger partial charge in [-0.05, 0) is 30.3 Å². The number of rotatable bonds is 3. The zero-order chi connectivity index (χ0) is 14.9. The van der Waals surface area contributed by atoms with Crippen molar-refractivity contribution < 1.29 is 12.8 Å². The monoisotopic (exact) mass is 377 g/mol. The van der Waals surface area contributed by atoms with Crippen LogP contribution >= 0.6 is 27.5 Å². The van der Waals surface area contributed by atoms with Crippen LogP contribution in [0.2, 0.25) is 5.02 Å². The first kappa shape index (κ1) is 15.3. The van der Waals surface area contributed by atoms with Crippen molar-refractivity contribution in [2.75, 3.05) is 11.4 Å². The molecule has 2 aromatic rings. The van der Waals surface area contributed by atoms with E-state index in [0.29, 0.717) is 4.47 Å². The number of hydrogen-bond acceptors (Lipinski definition) is 2. The van der Waals surface area contributed by atoms with Gasteiger partial charge in [0.05, 0.1) is 10.7 Å². The van der Waals surface area contributed by atoms with Gasteiger partial charge in [-0.15, -0.1) is 0 Å². The first-order valence-electron chi connectivity index (χ1n) is 5.52. The Labute approximate surface area is 130 Å². The Bertz CT molecular complexity index is 752. The standard InChI is InChI=1S/C13H10BrClFNO2S/c1-17(12-7-6-9(14)8-11(12)16)20(18,19)13-5-3-2-4-10(13)15/h2-8H,1H3. The Morgan fingerprint density at radius 1 is 1.20 bits per heavy atom. The van der Waals surface area contributed by atoms with Crippen molar-refractivity contribution in [1.82, 2.24) is 0 Å². The maximum atomic E-state index is 13.9. The van der Waals surface area contributed by atoms with Crippen LogP contribution in [-0.2, 0) is 10.0 Å². The van der Waals surface area contributed by atoms with Gasteiger partial charge in [-0.1, -0.05) is 39.7 Å². The molecule has 20 heavy (non-hydrogen) atoms. The molecule has 0 saturated heterocycles. The molecule has 0 radical (unpaired) electrons. The van der Waals surface area contributed by atoms with E-state index in [2.05, 4.69) is 15.9 Å². The van der Waals surface area contributed by atoms with Gasteiger partial charge in [0.1, 0.15) is 10.7 Å². The molecule has 0 amide bonds. The van der Waals surface area contributed by atoms with Crippen LogP contribution < -0.4 is 4.31 Å². The van der Waals surface area contributed by atoms with Crippen molar-refractivity contribution in [3.63, 3.8) is 0 Å². The molecule has 0 aromatic heterocycles. The van der Waals surface area contributed by atoms with E-state index in [1.807, 2.05) is 0 Å². The highest BCUT2D eigenvalue weighted by Gasteiger charge is 2.25. The van der Waals surface area contributed by atoms with Gasteiger partial charge >= 0.3 is 0 Å². The van der Waals surface area contributed by atoms with Gasteiger partial charge in [-0.25, -0.2) is 12.8 Å². The quantitative estimate of drug-likeness (QED) is 0.807. The van der Waals surface area contributed by atoms with Crippen molar-refractivity contribution in [3.8, 4) is 0 Å². The highest BCUT2D eigenvalue weighted by atomic mass is 79.9. The lowest BCUT2D eigenvalue weighted by Gasteiger charge is -2.20. The lowest BCUT2D eigenvalue weighted by atomic mass is 10.3. The molecule has 0 atom stereocenters. The molecule has 0 bridgehead atoms. The first-order valence-corrected chi connectivity index (χ1v) is 8.13. The average Bonchev–Trinajstić information content (AvgIpc) is 2.38. The van der Waals surface area contributed by atoms with Crippen LogP contribution in [0.15, 0.2) is 51.8 Å². The molecule has 0 fully saturated rings. The van der Waals surface area contributed by atoms with Crippen LogP contribution in [0.3, 0.4) is 0 Å². The molecule has 2 aromatic carbocycles. The molecule has 7 heteroatoms. The summed E-state index contributed by atoms with van der Waals surface area (Å²) in [5.41, 5.74) is -0.0480. The number of halogens is 3. The summed E-state index contributed by atoms with van der Waals surface area (Å²) in [6.45, 7) is 0. The maximum Gasteiger partial charge on any atom is 0.265 e. The molecule has 3 nitrogen and oxygen atoms in total. The third kappa shape index (κ3) is 2.82. The highest BCUT2D eigenvalue weighted by molar-refractivity contribution is 9.10. The number of sulfonamides is 1. The molecule has 0 heterocycles. The minimum Gasteiger partial charge on any atom is -0.266 e. The highest BCUT2D eigenvalue weighted by Crippen LogP contribution is 2.29. The zero-order valence-electron chi connectivity index (χ0n) is 10.3. The predicted molar refractivity (Wildman–Crippen MR) is 81.1 cm³/mol. The third-order valence-electron chi connectivity index (χ3n) is 2.72. The van der Waals surface area contributed by atoms with Crippen molar-refractivity contribution in [2.24, 2.45) is 0 Å². The molecule has 0 aliphatic carbocycles. The molecular formula is C13H10BrClFNO2S. The van der Waals surface area contributed by atoms with Crippen LogP contribution in [-0.4, -0.2) is 15.5 Å². The van der Waals surface area contributed by atoms with E-state index < -0.39 is 15.8 Å². The zero-order valence-corrected chi connectivity index (χ0v) is 13.5. The van der Waals surface area contributed by atoms with E-state index in [1.165, 1.54) is 31.3 Å². The van der Waals surface area contributed by atoms with Gasteiger partial charge in [-0.3, -0.25) is 4.31 Å². The van der Waals surface area contributed by atoms with E-state index in [4.69, 9.17) is 11.6 Å². The molecular weight excluding hydrogens is 369 g/mol. The molecule has 0 saturated carbocycles. The summed E-state index contributed by atoms with van der Waals surface area (Å²) in [5.74, 6) is -0.641. The summed E-state index contributed by atoms with van der Waals surface area (Å²) in [6, 6.07) is 10.2. The number of anilines is 1. The van der Waals surface area contributed by atoms with Crippen molar-refractivity contribution >= 4 is 43.2 Å². The lowest BCUT2D eigenvalue weighted by Crippen LogP contribution is -2.27. The number of benzene rings is 2. The Hall–Kier alpha value is -1.11. The molecule has 0 N–H and O–H groups in total. The first-order chi connectivity index (χ1) is 9.34. The van der Waals surface area contributed by atoms with Gasteiger partial charge in [-0.2, -0.15) is 0 Å². The molecule has 0 spiro atoms. The van der Waals surface area contributed by atoms with E-state index in [0.717, 1.165) is 4.31 Å². The normalized spacial score (nSPS) is 11.4. The minimum absolute atomic E-state index is 0.0480. The Balaban J connectivity index is 2.52. The molecule has 106 valence electrons. The fraction of sp³-hybridized carbons (Fsp3) is 0.0769. The van der Waals surface area contributed by atoms with Gasteiger partial charge in [0.25, 0.3) is 10.0 Å². The Morgan fingerprint density at radius 3 is 2.45 bits per heavy atom. The van der Waals surface area contributed by atoms with Gasteiger partial charge in [0.2, 0.25) is 0 Å². The minimum atomic E-state index is -3.91. The second kappa shape index (κ2) is 5.71. The number of hydrogen-bond donors (Lipinski definition) is 0. The second-order valence-electron chi connectivity index (χ2n) is 4.00. The van der Waals surface area contributed by atoms with Crippen LogP contribution in [0.1, 0.15) is 0 Å². The van der Waals surface area contributed by atoms with E-state index in [9.17, 15) is 12.8 Å². The largest absolute Gasteiger partial charge is 0.266 e. The third-order valence-corrected chi connectivity index (χ3v) is 5.49. The topological polar surface area (TPSA) is 37.4 Å². The van der Waals surface area contributed by atoms with Gasteiger partial charge in [0.15, 0.2) is 0 Å². The van der Waals surface area contributed by atoms with Crippen LogP contribution in [0, 0.1) is 5.82 Å². The van der Waals surface area contributed by atoms with Gasteiger partial charge < -0.3 is 0 Å². The van der Waals surface area contributed by atoms with Crippen molar-refractivity contribution in [2.45, 2.75) is 4.90 Å². The summed E-state index contributed by atoms with van der Waals surface area (Å²) in [7, 11) is -2.63. The molecule has 0 aliphatic heterocycles. The van der Waals surface area contributed by atoms with Gasteiger partial charge in [0, 0.05) is 11.5 Å². The Morgan fingerprint density at radius 2 is 1.85 bits per heavy atom. The van der Waals surface area contributed by atoms with Crippen LogP contribution in [0.5, 0.6) is 0 Å². The summed E-state index contributed by atoms with van der Waals surface area (Å²) in [5, 5.41) is 0.0943. The van der Waals surface area contributed by atoms with Crippen molar-refractivity contribution in [1.29, 1.82) is 0 Å². The molecule has 0 unspecified atom stereocenters. The smallest absolute Gasteiger partial charge is 0.265 e. The van der Waals surface area contributed by atoms with Crippen molar-refractivity contribution in [3.05, 3.63) is 57.8 Å². The lowest BCUT2D eigenvalue weighted by molar-refractivity contribution is 0.589. The summed E-state index contributed by atoms with van der Waals surface area (Å²) >= 11 is 9.02. The van der Waals surface area contributed by atoms with Crippen LogP contribution in [0.25, 0.3) is 0 Å². The average molecular weight is 379 g/mol. The van der Waals surface area contributed by atoms with E-state index in [1.54, 1.807) is 18.2 Å². The summed E-state index contributed by atoms with van der Waals surface area (Å²) in [6.07, 6.45) is 0. The second-order valence-corrected chi connectivity index (χ2v) is 7.26. The maximum absolute atomic E-state index is 13.9. The van der Waals surface area contributed by atoms with Crippen LogP contribution in [0.4, 0.5) is 10.1 Å². The van der Waals surface area contributed by atoms with E-state index in [-0.39, 0.29) is 15.6 Å². The molecule has 2 rings (SSSR count).